The van der Waals surface area contributed by atoms with Crippen LogP contribution in [0, 0.1) is 11.3 Å². The van der Waals surface area contributed by atoms with Crippen molar-refractivity contribution >= 4 is 27.5 Å². The zero-order chi connectivity index (χ0) is 13.1. The largest absolute Gasteiger partial charge is 0.368 e. The van der Waals surface area contributed by atoms with Gasteiger partial charge in [-0.15, -0.1) is 0 Å². The number of halogens is 1. The smallest absolute Gasteiger partial charge is 0.240 e. The molecule has 1 aliphatic heterocycles. The minimum Gasteiger partial charge on any atom is -0.368 e. The molecule has 1 heterocycles. The van der Waals surface area contributed by atoms with Crippen LogP contribution in [0.2, 0.25) is 0 Å². The summed E-state index contributed by atoms with van der Waals surface area (Å²) in [7, 11) is 0. The van der Waals surface area contributed by atoms with Crippen molar-refractivity contribution in [2.24, 2.45) is 5.73 Å². The third-order valence-electron chi connectivity index (χ3n) is 3.22. The summed E-state index contributed by atoms with van der Waals surface area (Å²) >= 11 is 3.34. The molecule has 2 rings (SSSR count). The van der Waals surface area contributed by atoms with Crippen molar-refractivity contribution in [3.8, 4) is 6.07 Å². The number of hydrogen-bond donors (Lipinski definition) is 1. The molecule has 1 saturated heterocycles. The molecule has 1 unspecified atom stereocenters. The Bertz CT molecular complexity index is 509. The monoisotopic (exact) mass is 307 g/mol. The summed E-state index contributed by atoms with van der Waals surface area (Å²) < 4.78 is 0.857. The van der Waals surface area contributed by atoms with E-state index in [4.69, 9.17) is 5.73 Å². The zero-order valence-corrected chi connectivity index (χ0v) is 11.5. The third-order valence-corrected chi connectivity index (χ3v) is 3.71. The summed E-state index contributed by atoms with van der Waals surface area (Å²) in [5.74, 6) is -0.318. The molecule has 94 valence electrons. The number of rotatable bonds is 2. The molecule has 0 aromatic heterocycles. The van der Waals surface area contributed by atoms with Crippen LogP contribution in [0.4, 0.5) is 5.69 Å². The number of primary amides is 1. The van der Waals surface area contributed by atoms with Crippen molar-refractivity contribution in [1.29, 1.82) is 5.26 Å². The number of nitriles is 1. The van der Waals surface area contributed by atoms with Crippen LogP contribution in [0.3, 0.4) is 0 Å². The summed E-state index contributed by atoms with van der Waals surface area (Å²) in [6.07, 6.45) is 2.78. The van der Waals surface area contributed by atoms with Crippen LogP contribution in [0.1, 0.15) is 24.8 Å². The minimum absolute atomic E-state index is 0.299. The maximum Gasteiger partial charge on any atom is 0.240 e. The van der Waals surface area contributed by atoms with Gasteiger partial charge in [-0.2, -0.15) is 5.26 Å². The first-order chi connectivity index (χ1) is 8.63. The van der Waals surface area contributed by atoms with Crippen LogP contribution in [-0.2, 0) is 4.79 Å². The van der Waals surface area contributed by atoms with Crippen LogP contribution in [0.25, 0.3) is 0 Å². The quantitative estimate of drug-likeness (QED) is 0.910. The predicted octanol–water partition coefficient (Wildman–Crippen LogP) is 2.16. The molecule has 0 aliphatic carbocycles. The van der Waals surface area contributed by atoms with E-state index in [0.717, 1.165) is 36.0 Å². The molecule has 0 radical (unpaired) electrons. The summed E-state index contributed by atoms with van der Waals surface area (Å²) in [6.45, 7) is 0.768. The Labute approximate surface area is 115 Å². The highest BCUT2D eigenvalue weighted by molar-refractivity contribution is 9.10. The molecular formula is C13H14BrN3O. The molecule has 1 amide bonds. The molecule has 0 saturated carbocycles. The number of piperidine rings is 1. The van der Waals surface area contributed by atoms with Gasteiger partial charge in [-0.25, -0.2) is 0 Å². The van der Waals surface area contributed by atoms with E-state index >= 15 is 0 Å². The van der Waals surface area contributed by atoms with E-state index < -0.39 is 0 Å². The number of hydrogen-bond acceptors (Lipinski definition) is 3. The lowest BCUT2D eigenvalue weighted by molar-refractivity contribution is -0.119. The zero-order valence-electron chi connectivity index (χ0n) is 9.90. The molecule has 4 nitrogen and oxygen atoms in total. The number of anilines is 1. The van der Waals surface area contributed by atoms with Crippen LogP contribution in [-0.4, -0.2) is 18.5 Å². The molecule has 1 aromatic rings. The van der Waals surface area contributed by atoms with Gasteiger partial charge in [0.05, 0.1) is 11.3 Å². The number of nitrogens with zero attached hydrogens (tertiary/aromatic N) is 2. The molecule has 1 aromatic carbocycles. The average Bonchev–Trinajstić information content (AvgIpc) is 2.38. The molecule has 5 heteroatoms. The highest BCUT2D eigenvalue weighted by atomic mass is 79.9. The highest BCUT2D eigenvalue weighted by Gasteiger charge is 2.28. The van der Waals surface area contributed by atoms with Crippen molar-refractivity contribution in [3.05, 3.63) is 28.2 Å². The number of carbonyl (C=O) groups is 1. The Morgan fingerprint density at radius 1 is 1.50 bits per heavy atom. The first-order valence-electron chi connectivity index (χ1n) is 5.89. The van der Waals surface area contributed by atoms with Crippen LogP contribution >= 0.6 is 15.9 Å². The van der Waals surface area contributed by atoms with Gasteiger partial charge >= 0.3 is 0 Å². The van der Waals surface area contributed by atoms with Gasteiger partial charge in [0.2, 0.25) is 5.91 Å². The maximum atomic E-state index is 11.5. The van der Waals surface area contributed by atoms with Crippen LogP contribution < -0.4 is 10.6 Å². The van der Waals surface area contributed by atoms with Crippen molar-refractivity contribution < 1.29 is 4.79 Å². The minimum atomic E-state index is -0.318. The van der Waals surface area contributed by atoms with Gasteiger partial charge in [-0.05, 0) is 37.5 Å². The van der Waals surface area contributed by atoms with E-state index in [1.165, 1.54) is 0 Å². The van der Waals surface area contributed by atoms with E-state index in [0.29, 0.717) is 5.56 Å². The molecule has 18 heavy (non-hydrogen) atoms. The summed E-state index contributed by atoms with van der Waals surface area (Å²) in [5.41, 5.74) is 6.81. The standard InChI is InChI=1S/C13H14BrN3O/c14-10-4-5-11(9(7-10)8-15)17-6-2-1-3-12(17)13(16)18/h4-5,7,12H,1-3,6H2,(H2,16,18). The van der Waals surface area contributed by atoms with Gasteiger partial charge in [0.15, 0.2) is 0 Å². The lowest BCUT2D eigenvalue weighted by Crippen LogP contribution is -2.48. The number of carbonyl (C=O) groups excluding carboxylic acids is 1. The molecule has 2 N–H and O–H groups in total. The fourth-order valence-corrected chi connectivity index (χ4v) is 2.73. The molecule has 0 bridgehead atoms. The van der Waals surface area contributed by atoms with Crippen molar-refractivity contribution in [2.75, 3.05) is 11.4 Å². The van der Waals surface area contributed by atoms with Crippen LogP contribution in [0.15, 0.2) is 22.7 Å². The third kappa shape index (κ3) is 2.49. The predicted molar refractivity (Wildman–Crippen MR) is 73.0 cm³/mol. The molecule has 1 fully saturated rings. The first kappa shape index (κ1) is 12.9. The number of nitrogens with two attached hydrogens (primary N) is 1. The Kier molecular flexibility index (Phi) is 3.87. The molecule has 0 spiro atoms. The second-order valence-electron chi connectivity index (χ2n) is 4.38. The van der Waals surface area contributed by atoms with Crippen LogP contribution in [0.5, 0.6) is 0 Å². The van der Waals surface area contributed by atoms with Gasteiger partial charge in [-0.1, -0.05) is 15.9 Å². The van der Waals surface area contributed by atoms with E-state index in [9.17, 15) is 10.1 Å². The van der Waals surface area contributed by atoms with Gasteiger partial charge in [-0.3, -0.25) is 4.79 Å². The summed E-state index contributed by atoms with van der Waals surface area (Å²) in [4.78, 5) is 13.4. The number of amides is 1. The number of benzene rings is 1. The normalized spacial score (nSPS) is 19.3. The van der Waals surface area contributed by atoms with Crippen molar-refractivity contribution in [3.63, 3.8) is 0 Å². The highest BCUT2D eigenvalue weighted by Crippen LogP contribution is 2.29. The van der Waals surface area contributed by atoms with Crippen molar-refractivity contribution in [1.82, 2.24) is 0 Å². The fraction of sp³-hybridized carbons (Fsp3) is 0.385. The Balaban J connectivity index is 2.40. The van der Waals surface area contributed by atoms with Gasteiger partial charge in [0.1, 0.15) is 12.1 Å². The molecular weight excluding hydrogens is 294 g/mol. The lowest BCUT2D eigenvalue weighted by Gasteiger charge is -2.36. The lowest BCUT2D eigenvalue weighted by atomic mass is 9.99. The van der Waals surface area contributed by atoms with Gasteiger partial charge in [0.25, 0.3) is 0 Å². The summed E-state index contributed by atoms with van der Waals surface area (Å²) in [6, 6.07) is 7.38. The second-order valence-corrected chi connectivity index (χ2v) is 5.30. The fourth-order valence-electron chi connectivity index (χ4n) is 2.36. The summed E-state index contributed by atoms with van der Waals surface area (Å²) in [5, 5.41) is 9.18. The van der Waals surface area contributed by atoms with Gasteiger partial charge < -0.3 is 10.6 Å². The second kappa shape index (κ2) is 5.40. The average molecular weight is 308 g/mol. The first-order valence-corrected chi connectivity index (χ1v) is 6.68. The maximum absolute atomic E-state index is 11.5. The van der Waals surface area contributed by atoms with E-state index in [1.807, 2.05) is 17.0 Å². The van der Waals surface area contributed by atoms with E-state index in [2.05, 4.69) is 22.0 Å². The Morgan fingerprint density at radius 2 is 2.28 bits per heavy atom. The van der Waals surface area contributed by atoms with E-state index in [1.54, 1.807) is 6.07 Å². The topological polar surface area (TPSA) is 70.1 Å². The SMILES string of the molecule is N#Cc1cc(Br)ccc1N1CCCCC1C(N)=O. The molecule has 1 atom stereocenters. The Hall–Kier alpha value is -1.54. The molecule has 1 aliphatic rings. The van der Waals surface area contributed by atoms with Crippen molar-refractivity contribution in [2.45, 2.75) is 25.3 Å². The Morgan fingerprint density at radius 3 is 2.94 bits per heavy atom. The van der Waals surface area contributed by atoms with E-state index in [-0.39, 0.29) is 11.9 Å². The van der Waals surface area contributed by atoms with Gasteiger partial charge in [0, 0.05) is 11.0 Å².